The number of carbonyl (C=O) groups excluding carboxylic acids is 1. The zero-order valence-electron chi connectivity index (χ0n) is 14.3. The molecular weight excluding hydrogens is 320 g/mol. The highest BCUT2D eigenvalue weighted by Gasteiger charge is 2.45. The van der Waals surface area contributed by atoms with Crippen molar-refractivity contribution in [2.45, 2.75) is 37.8 Å². The van der Waals surface area contributed by atoms with Crippen LogP contribution in [0.4, 0.5) is 5.95 Å². The van der Waals surface area contributed by atoms with Crippen LogP contribution in [0.2, 0.25) is 0 Å². The summed E-state index contributed by atoms with van der Waals surface area (Å²) in [6.45, 7) is 3.79. The van der Waals surface area contributed by atoms with Gasteiger partial charge in [-0.15, -0.1) is 0 Å². The van der Waals surface area contributed by atoms with Gasteiger partial charge in [-0.1, -0.05) is 0 Å². The van der Waals surface area contributed by atoms with Crippen molar-refractivity contribution in [3.8, 4) is 0 Å². The molecule has 7 heteroatoms. The number of ether oxygens (including phenoxy) is 1. The van der Waals surface area contributed by atoms with E-state index in [1.807, 2.05) is 11.8 Å². The van der Waals surface area contributed by atoms with E-state index in [4.69, 9.17) is 9.15 Å². The third kappa shape index (κ3) is 3.24. The molecule has 0 bridgehead atoms. The number of amides is 1. The number of nitrogens with one attached hydrogen (secondary N) is 1. The number of piperidine rings is 1. The summed E-state index contributed by atoms with van der Waals surface area (Å²) in [5.41, 5.74) is 0.361. The first-order valence-corrected chi connectivity index (χ1v) is 8.66. The summed E-state index contributed by atoms with van der Waals surface area (Å²) in [5.74, 6) is 1.31. The Labute approximate surface area is 146 Å². The van der Waals surface area contributed by atoms with Gasteiger partial charge in [-0.2, -0.15) is 0 Å². The number of carbonyl (C=O) groups is 1. The first-order valence-electron chi connectivity index (χ1n) is 8.66. The second-order valence-electron chi connectivity index (χ2n) is 6.83. The molecule has 2 fully saturated rings. The molecular formula is C18H22N4O3. The van der Waals surface area contributed by atoms with Gasteiger partial charge in [0.1, 0.15) is 5.76 Å². The minimum Gasteiger partial charge on any atom is -0.469 e. The van der Waals surface area contributed by atoms with E-state index < -0.39 is 0 Å². The first kappa shape index (κ1) is 16.1. The second-order valence-corrected chi connectivity index (χ2v) is 6.83. The Balaban J connectivity index is 1.42. The lowest BCUT2D eigenvalue weighted by Gasteiger charge is -2.39. The fourth-order valence-electron chi connectivity index (χ4n) is 3.83. The van der Waals surface area contributed by atoms with Crippen LogP contribution >= 0.6 is 0 Å². The number of anilines is 1. The Hall–Kier alpha value is -2.41. The van der Waals surface area contributed by atoms with Crippen LogP contribution in [0.25, 0.3) is 0 Å². The van der Waals surface area contributed by atoms with Crippen molar-refractivity contribution in [2.75, 3.05) is 25.0 Å². The molecule has 132 valence electrons. The minimum atomic E-state index is -0.280. The zero-order valence-corrected chi connectivity index (χ0v) is 14.3. The maximum Gasteiger partial charge on any atom is 0.257 e. The van der Waals surface area contributed by atoms with Crippen LogP contribution in [0.15, 0.2) is 35.2 Å². The molecule has 2 atom stereocenters. The molecule has 0 aromatic carbocycles. The van der Waals surface area contributed by atoms with Crippen LogP contribution < -0.4 is 5.32 Å². The average molecular weight is 342 g/mol. The van der Waals surface area contributed by atoms with Crippen LogP contribution in [0.3, 0.4) is 0 Å². The highest BCUT2D eigenvalue weighted by molar-refractivity contribution is 5.95. The molecule has 7 nitrogen and oxygen atoms in total. The van der Waals surface area contributed by atoms with E-state index in [1.54, 1.807) is 30.8 Å². The van der Waals surface area contributed by atoms with Crippen molar-refractivity contribution in [3.05, 3.63) is 42.1 Å². The third-order valence-corrected chi connectivity index (χ3v) is 5.02. The quantitative estimate of drug-likeness (QED) is 0.921. The Morgan fingerprint density at radius 1 is 1.40 bits per heavy atom. The van der Waals surface area contributed by atoms with Crippen molar-refractivity contribution in [1.82, 2.24) is 14.9 Å². The Morgan fingerprint density at radius 3 is 3.00 bits per heavy atom. The van der Waals surface area contributed by atoms with Gasteiger partial charge in [-0.25, -0.2) is 9.97 Å². The monoisotopic (exact) mass is 342 g/mol. The van der Waals surface area contributed by atoms with Crippen molar-refractivity contribution in [1.29, 1.82) is 0 Å². The number of aryl methyl sites for hydroxylation is 1. The molecule has 0 aliphatic carbocycles. The van der Waals surface area contributed by atoms with Gasteiger partial charge in [0.2, 0.25) is 5.95 Å². The van der Waals surface area contributed by atoms with Crippen molar-refractivity contribution in [3.63, 3.8) is 0 Å². The summed E-state index contributed by atoms with van der Waals surface area (Å²) >= 11 is 0. The number of hydrogen-bond donors (Lipinski definition) is 1. The fourth-order valence-corrected chi connectivity index (χ4v) is 3.83. The molecule has 2 unspecified atom stereocenters. The van der Waals surface area contributed by atoms with Crippen molar-refractivity contribution in [2.24, 2.45) is 0 Å². The summed E-state index contributed by atoms with van der Waals surface area (Å²) in [6.07, 6.45) is 7.75. The summed E-state index contributed by atoms with van der Waals surface area (Å²) in [4.78, 5) is 23.1. The fraction of sp³-hybridized carbons (Fsp3) is 0.500. The molecule has 1 N–H and O–H groups in total. The van der Waals surface area contributed by atoms with Gasteiger partial charge in [-0.3, -0.25) is 4.79 Å². The molecule has 2 aliphatic rings. The van der Waals surface area contributed by atoms with Gasteiger partial charge >= 0.3 is 0 Å². The molecule has 2 aromatic rings. The van der Waals surface area contributed by atoms with Gasteiger partial charge in [0.05, 0.1) is 36.6 Å². The van der Waals surface area contributed by atoms with E-state index in [-0.39, 0.29) is 17.6 Å². The Bertz CT molecular complexity index is 748. The predicted octanol–water partition coefficient (Wildman–Crippen LogP) is 2.25. The molecule has 2 aromatic heterocycles. The lowest BCUT2D eigenvalue weighted by Crippen LogP contribution is -2.50. The smallest absolute Gasteiger partial charge is 0.257 e. The van der Waals surface area contributed by atoms with Crippen molar-refractivity contribution < 1.29 is 13.9 Å². The number of hydrogen-bond acceptors (Lipinski definition) is 6. The SMILES string of the molecule is Cc1occc1C(=O)N1CCCC2(CC(Nc3ncccn3)CO2)C1. The van der Waals surface area contributed by atoms with Crippen LogP contribution in [0.1, 0.15) is 35.4 Å². The minimum absolute atomic E-state index is 0.0247. The van der Waals surface area contributed by atoms with Crippen LogP contribution in [-0.2, 0) is 4.74 Å². The van der Waals surface area contributed by atoms with Gasteiger partial charge < -0.3 is 19.4 Å². The molecule has 1 amide bonds. The average Bonchev–Trinajstić information content (AvgIpc) is 3.22. The molecule has 4 rings (SSSR count). The summed E-state index contributed by atoms with van der Waals surface area (Å²) in [6, 6.07) is 3.69. The lowest BCUT2D eigenvalue weighted by molar-refractivity contribution is -0.0447. The number of nitrogens with zero attached hydrogens (tertiary/aromatic N) is 3. The van der Waals surface area contributed by atoms with Gasteiger partial charge in [0.15, 0.2) is 0 Å². The van der Waals surface area contributed by atoms with E-state index >= 15 is 0 Å². The van der Waals surface area contributed by atoms with Gasteiger partial charge in [0, 0.05) is 25.4 Å². The second kappa shape index (κ2) is 6.48. The number of rotatable bonds is 3. The van der Waals surface area contributed by atoms with Crippen LogP contribution in [0, 0.1) is 6.92 Å². The molecule has 25 heavy (non-hydrogen) atoms. The van der Waals surface area contributed by atoms with E-state index in [0.29, 0.717) is 30.4 Å². The Kier molecular flexibility index (Phi) is 4.17. The third-order valence-electron chi connectivity index (χ3n) is 5.02. The van der Waals surface area contributed by atoms with Crippen molar-refractivity contribution >= 4 is 11.9 Å². The summed E-state index contributed by atoms with van der Waals surface area (Å²) in [7, 11) is 0. The lowest BCUT2D eigenvalue weighted by atomic mass is 9.88. The summed E-state index contributed by atoms with van der Waals surface area (Å²) < 4.78 is 11.4. The number of furan rings is 1. The molecule has 4 heterocycles. The predicted molar refractivity (Wildman–Crippen MR) is 91.3 cm³/mol. The number of likely N-dealkylation sites (tertiary alicyclic amines) is 1. The summed E-state index contributed by atoms with van der Waals surface area (Å²) in [5, 5.41) is 3.33. The standard InChI is InChI=1S/C18H22N4O3/c1-13-15(4-9-24-13)16(23)22-8-2-5-18(12-22)10-14(11-25-18)21-17-19-6-3-7-20-17/h3-4,6-7,9,14H,2,5,8,10-12H2,1H3,(H,19,20,21). The topological polar surface area (TPSA) is 80.5 Å². The zero-order chi connectivity index (χ0) is 17.3. The van der Waals surface area contributed by atoms with E-state index in [2.05, 4.69) is 15.3 Å². The number of aromatic nitrogens is 2. The molecule has 2 aliphatic heterocycles. The van der Waals surface area contributed by atoms with E-state index in [1.165, 1.54) is 0 Å². The van der Waals surface area contributed by atoms with E-state index in [0.717, 1.165) is 25.8 Å². The largest absolute Gasteiger partial charge is 0.469 e. The highest BCUT2D eigenvalue weighted by Crippen LogP contribution is 2.36. The highest BCUT2D eigenvalue weighted by atomic mass is 16.5. The van der Waals surface area contributed by atoms with Crippen LogP contribution in [0.5, 0.6) is 0 Å². The molecule has 1 spiro atoms. The van der Waals surface area contributed by atoms with Gasteiger partial charge in [0.25, 0.3) is 5.91 Å². The first-order chi connectivity index (χ1) is 12.2. The molecule has 0 saturated carbocycles. The maximum absolute atomic E-state index is 12.8. The van der Waals surface area contributed by atoms with E-state index in [9.17, 15) is 4.79 Å². The maximum atomic E-state index is 12.8. The van der Waals surface area contributed by atoms with Crippen LogP contribution in [-0.4, -0.2) is 52.1 Å². The molecule has 0 radical (unpaired) electrons. The van der Waals surface area contributed by atoms with Gasteiger partial charge in [-0.05, 0) is 31.9 Å². The molecule has 2 saturated heterocycles. The Morgan fingerprint density at radius 2 is 2.24 bits per heavy atom. The normalized spacial score (nSPS) is 26.1.